The molecule has 2 amide bonds. The Morgan fingerprint density at radius 2 is 2.04 bits per heavy atom. The summed E-state index contributed by atoms with van der Waals surface area (Å²) in [7, 11) is 1.26. The summed E-state index contributed by atoms with van der Waals surface area (Å²) < 4.78 is 4.93. The summed E-state index contributed by atoms with van der Waals surface area (Å²) in [6.07, 6.45) is 1.38. The number of methoxy groups -OCH3 is 1. The predicted octanol–water partition coefficient (Wildman–Crippen LogP) is 2.71. The minimum absolute atomic E-state index is 0.0994. The number of amides is 2. The van der Waals surface area contributed by atoms with Crippen LogP contribution < -0.4 is 10.1 Å². The van der Waals surface area contributed by atoms with Gasteiger partial charge in [-0.3, -0.25) is 19.7 Å². The van der Waals surface area contributed by atoms with Gasteiger partial charge in [-0.1, -0.05) is 18.2 Å². The predicted molar refractivity (Wildman–Crippen MR) is 103 cm³/mol. The zero-order valence-corrected chi connectivity index (χ0v) is 15.2. The van der Waals surface area contributed by atoms with E-state index in [1.165, 1.54) is 19.3 Å². The monoisotopic (exact) mass is 399 g/mol. The summed E-state index contributed by atoms with van der Waals surface area (Å²) >= 11 is 0.925. The Morgan fingerprint density at radius 3 is 2.68 bits per heavy atom. The van der Waals surface area contributed by atoms with Crippen molar-refractivity contribution in [1.29, 1.82) is 0 Å². The zero-order chi connectivity index (χ0) is 20.3. The molecule has 0 unspecified atom stereocenters. The van der Waals surface area contributed by atoms with Crippen molar-refractivity contribution in [2.45, 2.75) is 0 Å². The van der Waals surface area contributed by atoms with Crippen molar-refractivity contribution < 1.29 is 24.4 Å². The summed E-state index contributed by atoms with van der Waals surface area (Å²) in [4.78, 5) is 38.6. The smallest absolute Gasteiger partial charge is 0.315 e. The molecule has 10 heteroatoms. The summed E-state index contributed by atoms with van der Waals surface area (Å²) in [5, 5.41) is 23.5. The van der Waals surface area contributed by atoms with Crippen molar-refractivity contribution in [2.24, 2.45) is 4.99 Å². The fourth-order valence-corrected chi connectivity index (χ4v) is 3.18. The van der Waals surface area contributed by atoms with E-state index in [1.54, 1.807) is 30.3 Å². The molecule has 0 aromatic heterocycles. The van der Waals surface area contributed by atoms with Crippen LogP contribution in [-0.2, 0) is 4.79 Å². The van der Waals surface area contributed by atoms with Gasteiger partial charge in [-0.05, 0) is 41.6 Å². The van der Waals surface area contributed by atoms with Crippen LogP contribution in [0.2, 0.25) is 0 Å². The molecule has 1 saturated heterocycles. The quantitative estimate of drug-likeness (QED) is 0.459. The Hall–Kier alpha value is -3.66. The van der Waals surface area contributed by atoms with E-state index in [0.29, 0.717) is 5.56 Å². The lowest BCUT2D eigenvalue weighted by molar-refractivity contribution is -0.386. The van der Waals surface area contributed by atoms with Gasteiger partial charge in [-0.15, -0.1) is 0 Å². The molecule has 0 spiro atoms. The average Bonchev–Trinajstić information content (AvgIpc) is 3.02. The van der Waals surface area contributed by atoms with Gasteiger partial charge in [0.15, 0.2) is 10.9 Å². The van der Waals surface area contributed by atoms with E-state index in [9.17, 15) is 24.8 Å². The van der Waals surface area contributed by atoms with Crippen LogP contribution in [0.5, 0.6) is 11.5 Å². The SMILES string of the molecule is COc1cc(/C=C2\SC(=NC(=O)c3ccccc3)NC2=O)cc([N+](=O)[O-])c1O. The molecule has 2 aromatic rings. The zero-order valence-electron chi connectivity index (χ0n) is 14.4. The number of nitro groups is 1. The molecule has 0 radical (unpaired) electrons. The van der Waals surface area contributed by atoms with Gasteiger partial charge in [0.05, 0.1) is 16.9 Å². The van der Waals surface area contributed by atoms with Crippen LogP contribution in [0.4, 0.5) is 5.69 Å². The molecule has 3 rings (SSSR count). The molecular formula is C18H13N3O6S. The van der Waals surface area contributed by atoms with Gasteiger partial charge < -0.3 is 15.2 Å². The molecule has 0 bridgehead atoms. The number of hydrogen-bond acceptors (Lipinski definition) is 7. The molecule has 1 fully saturated rings. The number of aliphatic imine (C=N–C) groups is 1. The van der Waals surface area contributed by atoms with Crippen molar-refractivity contribution in [3.63, 3.8) is 0 Å². The molecule has 9 nitrogen and oxygen atoms in total. The number of nitrogens with zero attached hydrogens (tertiary/aromatic N) is 2. The molecule has 1 aliphatic rings. The molecule has 0 saturated carbocycles. The number of rotatable bonds is 4. The maximum absolute atomic E-state index is 12.1. The Bertz CT molecular complexity index is 1030. The first-order valence-electron chi connectivity index (χ1n) is 7.83. The first kappa shape index (κ1) is 19.1. The Labute approximate surface area is 162 Å². The number of hydrogen-bond donors (Lipinski definition) is 2. The summed E-state index contributed by atoms with van der Waals surface area (Å²) in [5.41, 5.74) is 0.0959. The fourth-order valence-electron chi connectivity index (χ4n) is 2.36. The highest BCUT2D eigenvalue weighted by Gasteiger charge is 2.26. The maximum Gasteiger partial charge on any atom is 0.315 e. The van der Waals surface area contributed by atoms with E-state index in [4.69, 9.17) is 4.74 Å². The third-order valence-electron chi connectivity index (χ3n) is 3.67. The van der Waals surface area contributed by atoms with Gasteiger partial charge in [0.2, 0.25) is 5.75 Å². The van der Waals surface area contributed by atoms with Gasteiger partial charge in [-0.2, -0.15) is 4.99 Å². The number of aromatic hydroxyl groups is 1. The molecule has 2 aromatic carbocycles. The standard InChI is InChI=1S/C18H13N3O6S/c1-27-13-8-10(7-12(15(13)22)21(25)26)9-14-17(24)20-18(28-14)19-16(23)11-5-3-2-4-6-11/h2-9,22H,1H3,(H,19,20,23,24)/b14-9-. The Balaban J connectivity index is 1.89. The number of amidine groups is 1. The molecule has 142 valence electrons. The molecule has 28 heavy (non-hydrogen) atoms. The first-order chi connectivity index (χ1) is 13.4. The summed E-state index contributed by atoms with van der Waals surface area (Å²) in [5.74, 6) is -1.71. The van der Waals surface area contributed by atoms with Gasteiger partial charge in [-0.25, -0.2) is 0 Å². The van der Waals surface area contributed by atoms with E-state index in [2.05, 4.69) is 10.3 Å². The molecular weight excluding hydrogens is 386 g/mol. The van der Waals surface area contributed by atoms with E-state index in [1.807, 2.05) is 0 Å². The van der Waals surface area contributed by atoms with Crippen LogP contribution in [0.15, 0.2) is 52.4 Å². The van der Waals surface area contributed by atoms with Gasteiger partial charge >= 0.3 is 5.69 Å². The topological polar surface area (TPSA) is 131 Å². The Kier molecular flexibility index (Phi) is 5.41. The Morgan fingerprint density at radius 1 is 1.32 bits per heavy atom. The molecule has 2 N–H and O–H groups in total. The van der Waals surface area contributed by atoms with E-state index in [0.717, 1.165) is 17.8 Å². The van der Waals surface area contributed by atoms with Crippen LogP contribution in [0, 0.1) is 10.1 Å². The summed E-state index contributed by atoms with van der Waals surface area (Å²) in [6, 6.07) is 10.8. The van der Waals surface area contributed by atoms with E-state index in [-0.39, 0.29) is 21.4 Å². The largest absolute Gasteiger partial charge is 0.500 e. The first-order valence-corrected chi connectivity index (χ1v) is 8.65. The van der Waals surface area contributed by atoms with Crippen LogP contribution in [0.1, 0.15) is 15.9 Å². The third-order valence-corrected chi connectivity index (χ3v) is 4.58. The lowest BCUT2D eigenvalue weighted by Gasteiger charge is -2.05. The minimum Gasteiger partial charge on any atom is -0.500 e. The van der Waals surface area contributed by atoms with E-state index >= 15 is 0 Å². The number of carbonyl (C=O) groups is 2. The highest BCUT2D eigenvalue weighted by Crippen LogP contribution is 2.38. The highest BCUT2D eigenvalue weighted by molar-refractivity contribution is 8.18. The van der Waals surface area contributed by atoms with Crippen LogP contribution in [-0.4, -0.2) is 34.1 Å². The van der Waals surface area contributed by atoms with Gasteiger partial charge in [0.1, 0.15) is 0 Å². The van der Waals surface area contributed by atoms with Crippen molar-refractivity contribution in [1.82, 2.24) is 5.32 Å². The number of nitrogens with one attached hydrogen (secondary N) is 1. The van der Waals surface area contributed by atoms with Crippen molar-refractivity contribution in [3.8, 4) is 11.5 Å². The molecule has 0 aliphatic carbocycles. The second-order valence-corrected chi connectivity index (χ2v) is 6.53. The number of carbonyl (C=O) groups excluding carboxylic acids is 2. The lowest BCUT2D eigenvalue weighted by atomic mass is 10.1. The van der Waals surface area contributed by atoms with E-state index < -0.39 is 28.2 Å². The molecule has 1 heterocycles. The minimum atomic E-state index is -0.757. The number of phenols is 1. The maximum atomic E-state index is 12.1. The normalized spacial score (nSPS) is 16.2. The molecule has 1 aliphatic heterocycles. The second kappa shape index (κ2) is 7.92. The highest BCUT2D eigenvalue weighted by atomic mass is 32.2. The number of ether oxygens (including phenoxy) is 1. The van der Waals surface area contributed by atoms with Gasteiger partial charge in [0.25, 0.3) is 11.8 Å². The van der Waals surface area contributed by atoms with Gasteiger partial charge in [0, 0.05) is 11.6 Å². The van der Waals surface area contributed by atoms with Crippen molar-refractivity contribution >= 4 is 40.5 Å². The average molecular weight is 399 g/mol. The fraction of sp³-hybridized carbons (Fsp3) is 0.0556. The lowest BCUT2D eigenvalue weighted by Crippen LogP contribution is -2.20. The number of phenolic OH excluding ortho intramolecular Hbond substituents is 1. The third kappa shape index (κ3) is 4.01. The second-order valence-electron chi connectivity index (χ2n) is 5.50. The number of nitro benzene ring substituents is 1. The van der Waals surface area contributed by atoms with Crippen molar-refractivity contribution in [2.75, 3.05) is 7.11 Å². The number of thioether (sulfide) groups is 1. The van der Waals surface area contributed by atoms with Crippen LogP contribution in [0.25, 0.3) is 6.08 Å². The van der Waals surface area contributed by atoms with Crippen LogP contribution in [0.3, 0.4) is 0 Å². The summed E-state index contributed by atoms with van der Waals surface area (Å²) in [6.45, 7) is 0. The van der Waals surface area contributed by atoms with Crippen molar-refractivity contribution in [3.05, 3.63) is 68.6 Å². The van der Waals surface area contributed by atoms with Crippen LogP contribution >= 0.6 is 11.8 Å². The molecule has 0 atom stereocenters. The number of benzene rings is 2.